The summed E-state index contributed by atoms with van der Waals surface area (Å²) < 4.78 is 26.0. The van der Waals surface area contributed by atoms with Gasteiger partial charge in [-0.15, -0.1) is 0 Å². The molecule has 1 heterocycles. The molecule has 18 heavy (non-hydrogen) atoms. The third-order valence-electron chi connectivity index (χ3n) is 2.22. The van der Waals surface area contributed by atoms with E-state index in [-0.39, 0.29) is 17.1 Å². The summed E-state index contributed by atoms with van der Waals surface area (Å²) >= 11 is 0. The molecule has 4 nitrogen and oxygen atoms in total. The Labute approximate surface area is 101 Å². The van der Waals surface area contributed by atoms with Crippen molar-refractivity contribution in [3.8, 4) is 0 Å². The topological polar surface area (TPSA) is 68.0 Å². The van der Waals surface area contributed by atoms with Crippen molar-refractivity contribution in [1.29, 1.82) is 0 Å². The van der Waals surface area contributed by atoms with Gasteiger partial charge in [0.15, 0.2) is 0 Å². The number of anilines is 2. The van der Waals surface area contributed by atoms with E-state index in [1.54, 1.807) is 0 Å². The standard InChI is InChI=1S/C12H9F2N3O/c13-8-1-2-10(9(14)6-8)17-12(18)7-3-4-16-11(15)5-7/h1-6H,(H2,15,16)(H,17,18). The Balaban J connectivity index is 2.21. The number of aromatic nitrogens is 1. The molecule has 0 aliphatic rings. The van der Waals surface area contributed by atoms with Crippen LogP contribution in [0.5, 0.6) is 0 Å². The normalized spacial score (nSPS) is 10.1. The van der Waals surface area contributed by atoms with E-state index in [0.717, 1.165) is 12.1 Å². The Hall–Kier alpha value is -2.50. The van der Waals surface area contributed by atoms with Crippen LogP contribution in [0.3, 0.4) is 0 Å². The molecule has 0 saturated heterocycles. The first kappa shape index (κ1) is 12.0. The Morgan fingerprint density at radius 2 is 2.00 bits per heavy atom. The van der Waals surface area contributed by atoms with Crippen LogP contribution in [0.1, 0.15) is 10.4 Å². The van der Waals surface area contributed by atoms with Gasteiger partial charge < -0.3 is 11.1 Å². The number of hydrogen-bond donors (Lipinski definition) is 2. The molecule has 0 fully saturated rings. The molecule has 0 radical (unpaired) electrons. The molecule has 1 aromatic carbocycles. The van der Waals surface area contributed by atoms with Crippen LogP contribution >= 0.6 is 0 Å². The summed E-state index contributed by atoms with van der Waals surface area (Å²) in [6, 6.07) is 5.69. The highest BCUT2D eigenvalue weighted by Crippen LogP contribution is 2.16. The lowest BCUT2D eigenvalue weighted by Gasteiger charge is -2.06. The fraction of sp³-hybridized carbons (Fsp3) is 0. The van der Waals surface area contributed by atoms with Gasteiger partial charge in [0.2, 0.25) is 0 Å². The third-order valence-corrected chi connectivity index (χ3v) is 2.22. The average Bonchev–Trinajstić information content (AvgIpc) is 2.32. The molecule has 92 valence electrons. The fourth-order valence-electron chi connectivity index (χ4n) is 1.37. The first-order valence-electron chi connectivity index (χ1n) is 5.04. The van der Waals surface area contributed by atoms with E-state index in [9.17, 15) is 13.6 Å². The zero-order valence-electron chi connectivity index (χ0n) is 9.15. The molecule has 0 bridgehead atoms. The fourth-order valence-corrected chi connectivity index (χ4v) is 1.37. The highest BCUT2D eigenvalue weighted by Gasteiger charge is 2.10. The van der Waals surface area contributed by atoms with Gasteiger partial charge in [0.1, 0.15) is 17.5 Å². The van der Waals surface area contributed by atoms with E-state index in [0.29, 0.717) is 6.07 Å². The number of nitrogens with two attached hydrogens (primary N) is 1. The SMILES string of the molecule is Nc1cc(C(=O)Nc2ccc(F)cc2F)ccn1. The second-order valence-electron chi connectivity index (χ2n) is 3.55. The van der Waals surface area contributed by atoms with Gasteiger partial charge in [0.05, 0.1) is 5.69 Å². The minimum Gasteiger partial charge on any atom is -0.384 e. The first-order chi connectivity index (χ1) is 8.56. The van der Waals surface area contributed by atoms with E-state index in [4.69, 9.17) is 5.73 Å². The van der Waals surface area contributed by atoms with Crippen molar-refractivity contribution in [3.05, 3.63) is 53.7 Å². The maximum absolute atomic E-state index is 13.3. The number of amides is 1. The summed E-state index contributed by atoms with van der Waals surface area (Å²) in [5, 5.41) is 2.32. The number of nitrogen functional groups attached to an aromatic ring is 1. The number of hydrogen-bond acceptors (Lipinski definition) is 3. The Bertz CT molecular complexity index is 602. The molecule has 1 aromatic heterocycles. The molecule has 0 spiro atoms. The lowest BCUT2D eigenvalue weighted by molar-refractivity contribution is 0.102. The van der Waals surface area contributed by atoms with Gasteiger partial charge >= 0.3 is 0 Å². The van der Waals surface area contributed by atoms with Crippen LogP contribution in [0.2, 0.25) is 0 Å². The minimum absolute atomic E-state index is 0.100. The Kier molecular flexibility index (Phi) is 3.18. The molecule has 0 saturated carbocycles. The Morgan fingerprint density at radius 3 is 2.67 bits per heavy atom. The number of nitrogens with one attached hydrogen (secondary N) is 1. The van der Waals surface area contributed by atoms with E-state index in [1.165, 1.54) is 18.3 Å². The van der Waals surface area contributed by atoms with Gasteiger partial charge in [-0.05, 0) is 24.3 Å². The van der Waals surface area contributed by atoms with Crippen molar-refractivity contribution >= 4 is 17.4 Å². The van der Waals surface area contributed by atoms with Crippen LogP contribution in [0, 0.1) is 11.6 Å². The van der Waals surface area contributed by atoms with Crippen molar-refractivity contribution in [2.45, 2.75) is 0 Å². The summed E-state index contributed by atoms with van der Waals surface area (Å²) in [4.78, 5) is 15.5. The van der Waals surface area contributed by atoms with Crippen LogP contribution in [0.15, 0.2) is 36.5 Å². The van der Waals surface area contributed by atoms with Gasteiger partial charge in [-0.25, -0.2) is 13.8 Å². The molecule has 1 amide bonds. The highest BCUT2D eigenvalue weighted by atomic mass is 19.1. The number of nitrogens with zero attached hydrogens (tertiary/aromatic N) is 1. The quantitative estimate of drug-likeness (QED) is 0.857. The van der Waals surface area contributed by atoms with E-state index >= 15 is 0 Å². The average molecular weight is 249 g/mol. The predicted octanol–water partition coefficient (Wildman–Crippen LogP) is 2.19. The first-order valence-corrected chi connectivity index (χ1v) is 5.04. The number of pyridine rings is 1. The molecule has 6 heteroatoms. The van der Waals surface area contributed by atoms with Crippen molar-refractivity contribution in [2.24, 2.45) is 0 Å². The summed E-state index contributed by atoms with van der Waals surface area (Å²) in [5.41, 5.74) is 5.57. The van der Waals surface area contributed by atoms with Gasteiger partial charge in [-0.3, -0.25) is 4.79 Å². The molecule has 2 aromatic rings. The smallest absolute Gasteiger partial charge is 0.255 e. The highest BCUT2D eigenvalue weighted by molar-refractivity contribution is 6.04. The molecule has 0 aliphatic heterocycles. The number of halogens is 2. The Morgan fingerprint density at radius 1 is 1.22 bits per heavy atom. The maximum atomic E-state index is 13.3. The van der Waals surface area contributed by atoms with Crippen LogP contribution in [0.25, 0.3) is 0 Å². The van der Waals surface area contributed by atoms with Gasteiger partial charge in [-0.2, -0.15) is 0 Å². The van der Waals surface area contributed by atoms with Crippen molar-refractivity contribution in [1.82, 2.24) is 4.98 Å². The minimum atomic E-state index is -0.842. The lowest BCUT2D eigenvalue weighted by Crippen LogP contribution is -2.13. The molecular weight excluding hydrogens is 240 g/mol. The van der Waals surface area contributed by atoms with Gasteiger partial charge in [0, 0.05) is 17.8 Å². The van der Waals surface area contributed by atoms with Crippen molar-refractivity contribution in [2.75, 3.05) is 11.1 Å². The number of benzene rings is 1. The molecule has 0 aliphatic carbocycles. The zero-order valence-corrected chi connectivity index (χ0v) is 9.15. The summed E-state index contributed by atoms with van der Waals surface area (Å²) in [6.45, 7) is 0. The molecule has 0 atom stereocenters. The zero-order chi connectivity index (χ0) is 13.1. The van der Waals surface area contributed by atoms with Gasteiger partial charge in [0.25, 0.3) is 5.91 Å². The molecule has 3 N–H and O–H groups in total. The summed E-state index contributed by atoms with van der Waals surface area (Å²) in [7, 11) is 0. The number of rotatable bonds is 2. The third kappa shape index (κ3) is 2.60. The predicted molar refractivity (Wildman–Crippen MR) is 63.0 cm³/mol. The summed E-state index contributed by atoms with van der Waals surface area (Å²) in [6.07, 6.45) is 1.37. The monoisotopic (exact) mass is 249 g/mol. The lowest BCUT2D eigenvalue weighted by atomic mass is 10.2. The maximum Gasteiger partial charge on any atom is 0.255 e. The van der Waals surface area contributed by atoms with Crippen molar-refractivity contribution < 1.29 is 13.6 Å². The van der Waals surface area contributed by atoms with Gasteiger partial charge in [-0.1, -0.05) is 0 Å². The molecule has 2 rings (SSSR count). The second kappa shape index (κ2) is 4.79. The van der Waals surface area contributed by atoms with E-state index in [1.807, 2.05) is 0 Å². The van der Waals surface area contributed by atoms with Crippen molar-refractivity contribution in [3.63, 3.8) is 0 Å². The van der Waals surface area contributed by atoms with Crippen LogP contribution in [-0.4, -0.2) is 10.9 Å². The van der Waals surface area contributed by atoms with Crippen LogP contribution < -0.4 is 11.1 Å². The molecule has 0 unspecified atom stereocenters. The largest absolute Gasteiger partial charge is 0.384 e. The van der Waals surface area contributed by atoms with E-state index < -0.39 is 17.5 Å². The second-order valence-corrected chi connectivity index (χ2v) is 3.55. The van der Waals surface area contributed by atoms with Crippen LogP contribution in [-0.2, 0) is 0 Å². The number of carbonyl (C=O) groups is 1. The summed E-state index contributed by atoms with van der Waals surface area (Å²) in [5.74, 6) is -1.92. The number of carbonyl (C=O) groups excluding carboxylic acids is 1. The molecular formula is C12H9F2N3O. The van der Waals surface area contributed by atoms with Crippen LogP contribution in [0.4, 0.5) is 20.3 Å². The van der Waals surface area contributed by atoms with E-state index in [2.05, 4.69) is 10.3 Å².